The number of amides is 1. The van der Waals surface area contributed by atoms with Crippen LogP contribution in [0.25, 0.3) is 11.3 Å². The fourth-order valence-corrected chi connectivity index (χ4v) is 4.13. The molecule has 3 rings (SSSR count). The highest BCUT2D eigenvalue weighted by Crippen LogP contribution is 2.35. The molecule has 2 aromatic carbocycles. The number of hydrogen-bond acceptors (Lipinski definition) is 5. The van der Waals surface area contributed by atoms with E-state index in [4.69, 9.17) is 4.42 Å². The number of rotatable bonds is 5. The molecule has 0 radical (unpaired) electrons. The van der Waals surface area contributed by atoms with Gasteiger partial charge in [0.05, 0.1) is 18.6 Å². The second-order valence-corrected chi connectivity index (χ2v) is 7.80. The maximum absolute atomic E-state index is 13.2. The lowest BCUT2D eigenvalue weighted by Gasteiger charge is -2.07. The summed E-state index contributed by atoms with van der Waals surface area (Å²) in [6.07, 6.45) is -0.628. The smallest absolute Gasteiger partial charge is 0.407 e. The van der Waals surface area contributed by atoms with Gasteiger partial charge in [0.1, 0.15) is 10.7 Å². The minimum atomic E-state index is -3.80. The molecule has 0 fully saturated rings. The summed E-state index contributed by atoms with van der Waals surface area (Å²) in [4.78, 5) is 11.6. The third-order valence-electron chi connectivity index (χ3n) is 4.07. The molecule has 27 heavy (non-hydrogen) atoms. The van der Waals surface area contributed by atoms with Crippen LogP contribution in [0.4, 0.5) is 4.79 Å². The summed E-state index contributed by atoms with van der Waals surface area (Å²) < 4.78 is 36.7. The van der Waals surface area contributed by atoms with E-state index in [0.29, 0.717) is 11.3 Å². The Morgan fingerprint density at radius 3 is 2.41 bits per heavy atom. The molecule has 7 heteroatoms. The number of ether oxygens (including phenoxy) is 1. The van der Waals surface area contributed by atoms with Gasteiger partial charge in [0.2, 0.25) is 9.84 Å². The molecule has 1 aromatic heterocycles. The Bertz CT molecular complexity index is 1050. The fraction of sp³-hybridized carbons (Fsp3) is 0.150. The highest BCUT2D eigenvalue weighted by molar-refractivity contribution is 7.91. The Hall–Kier alpha value is -3.06. The van der Waals surface area contributed by atoms with Crippen molar-refractivity contribution in [2.75, 3.05) is 7.11 Å². The lowest BCUT2D eigenvalue weighted by atomic mass is 10.1. The maximum Gasteiger partial charge on any atom is 0.407 e. The molecule has 1 N–H and O–H groups in total. The second-order valence-electron chi connectivity index (χ2n) is 5.88. The third-order valence-corrected chi connectivity index (χ3v) is 5.85. The SMILES string of the molecule is COC(=O)NCc1cc(S(=O)(=O)c2ccccc2)c(-c2ccccc2C)o1. The maximum atomic E-state index is 13.2. The number of carbonyl (C=O) groups excluding carboxylic acids is 1. The van der Waals surface area contributed by atoms with Gasteiger partial charge in [0, 0.05) is 11.6 Å². The standard InChI is InChI=1S/C20H19NO5S/c1-14-8-6-7-11-17(14)19-18(12-15(26-19)13-21-20(22)25-2)27(23,24)16-9-4-3-5-10-16/h3-12H,13H2,1-2H3,(H,21,22). The molecule has 1 amide bonds. The number of furan rings is 1. The van der Waals surface area contributed by atoms with Gasteiger partial charge in [0.15, 0.2) is 5.76 Å². The van der Waals surface area contributed by atoms with E-state index in [9.17, 15) is 13.2 Å². The van der Waals surface area contributed by atoms with E-state index in [1.54, 1.807) is 24.3 Å². The lowest BCUT2D eigenvalue weighted by Crippen LogP contribution is -2.21. The Balaban J connectivity index is 2.12. The molecular weight excluding hydrogens is 366 g/mol. The van der Waals surface area contributed by atoms with Crippen molar-refractivity contribution in [1.29, 1.82) is 0 Å². The quantitative estimate of drug-likeness (QED) is 0.719. The summed E-state index contributed by atoms with van der Waals surface area (Å²) in [5.74, 6) is 0.562. The summed E-state index contributed by atoms with van der Waals surface area (Å²) in [5, 5.41) is 2.50. The van der Waals surface area contributed by atoms with Crippen molar-refractivity contribution in [3.05, 3.63) is 72.0 Å². The van der Waals surface area contributed by atoms with Crippen molar-refractivity contribution in [3.8, 4) is 11.3 Å². The van der Waals surface area contributed by atoms with Gasteiger partial charge in [0.25, 0.3) is 0 Å². The molecule has 140 valence electrons. The molecule has 1 heterocycles. The first-order valence-electron chi connectivity index (χ1n) is 8.24. The van der Waals surface area contributed by atoms with Crippen molar-refractivity contribution >= 4 is 15.9 Å². The fourth-order valence-electron chi connectivity index (χ4n) is 2.68. The van der Waals surface area contributed by atoms with E-state index in [1.165, 1.54) is 25.3 Å². The molecule has 3 aromatic rings. The average molecular weight is 385 g/mol. The monoisotopic (exact) mass is 385 g/mol. The van der Waals surface area contributed by atoms with Gasteiger partial charge in [-0.1, -0.05) is 42.5 Å². The van der Waals surface area contributed by atoms with Gasteiger partial charge in [-0.15, -0.1) is 0 Å². The first-order valence-corrected chi connectivity index (χ1v) is 9.72. The summed E-state index contributed by atoms with van der Waals surface area (Å²) in [6.45, 7) is 1.89. The van der Waals surface area contributed by atoms with E-state index >= 15 is 0 Å². The molecule has 0 unspecified atom stereocenters. The topological polar surface area (TPSA) is 85.6 Å². The Labute approximate surface area is 157 Å². The molecule has 0 atom stereocenters. The van der Waals surface area contributed by atoms with Crippen LogP contribution in [0.2, 0.25) is 0 Å². The van der Waals surface area contributed by atoms with Crippen LogP contribution in [-0.2, 0) is 21.1 Å². The number of methoxy groups -OCH3 is 1. The van der Waals surface area contributed by atoms with Crippen molar-refractivity contribution in [2.24, 2.45) is 0 Å². The van der Waals surface area contributed by atoms with Gasteiger partial charge < -0.3 is 14.5 Å². The van der Waals surface area contributed by atoms with Crippen LogP contribution in [0, 0.1) is 6.92 Å². The largest absolute Gasteiger partial charge is 0.458 e. The third kappa shape index (κ3) is 3.88. The molecule has 0 aliphatic rings. The summed E-state index contributed by atoms with van der Waals surface area (Å²) >= 11 is 0. The van der Waals surface area contributed by atoms with Gasteiger partial charge in [-0.25, -0.2) is 13.2 Å². The zero-order chi connectivity index (χ0) is 19.4. The number of sulfone groups is 1. The molecule has 0 saturated heterocycles. The average Bonchev–Trinajstić information content (AvgIpc) is 3.12. The van der Waals surface area contributed by atoms with Crippen LogP contribution in [0.1, 0.15) is 11.3 Å². The lowest BCUT2D eigenvalue weighted by molar-refractivity contribution is 0.169. The van der Waals surface area contributed by atoms with Gasteiger partial charge >= 0.3 is 6.09 Å². The van der Waals surface area contributed by atoms with E-state index in [2.05, 4.69) is 10.1 Å². The normalized spacial score (nSPS) is 11.2. The van der Waals surface area contributed by atoms with Gasteiger partial charge in [-0.05, 0) is 24.6 Å². The van der Waals surface area contributed by atoms with Crippen LogP contribution in [-0.4, -0.2) is 21.6 Å². The highest BCUT2D eigenvalue weighted by Gasteiger charge is 2.27. The van der Waals surface area contributed by atoms with Gasteiger partial charge in [-0.2, -0.15) is 0 Å². The summed E-state index contributed by atoms with van der Waals surface area (Å²) in [5.41, 5.74) is 1.56. The molecule has 0 aliphatic carbocycles. The number of hydrogen-bond donors (Lipinski definition) is 1. The van der Waals surface area contributed by atoms with Crippen molar-refractivity contribution in [3.63, 3.8) is 0 Å². The molecule has 0 saturated carbocycles. The van der Waals surface area contributed by atoms with Crippen LogP contribution in [0.15, 0.2) is 74.9 Å². The Kier molecular flexibility index (Phi) is 5.32. The number of benzene rings is 2. The predicted octanol–water partition coefficient (Wildman–Crippen LogP) is 3.94. The first kappa shape index (κ1) is 18.7. The Morgan fingerprint density at radius 1 is 1.07 bits per heavy atom. The van der Waals surface area contributed by atoms with Crippen LogP contribution in [0.5, 0.6) is 0 Å². The van der Waals surface area contributed by atoms with E-state index in [1.807, 2.05) is 25.1 Å². The summed E-state index contributed by atoms with van der Waals surface area (Å²) in [7, 11) is -2.54. The number of alkyl carbamates (subject to hydrolysis) is 1. The van der Waals surface area contributed by atoms with Crippen LogP contribution in [0.3, 0.4) is 0 Å². The second kappa shape index (κ2) is 7.67. The molecule has 6 nitrogen and oxygen atoms in total. The first-order chi connectivity index (χ1) is 12.9. The minimum Gasteiger partial charge on any atom is -0.458 e. The van der Waals surface area contributed by atoms with E-state index in [-0.39, 0.29) is 22.1 Å². The van der Waals surface area contributed by atoms with Crippen LogP contribution >= 0.6 is 0 Å². The van der Waals surface area contributed by atoms with Crippen molar-refractivity contribution < 1.29 is 22.4 Å². The number of aryl methyl sites for hydroxylation is 1. The van der Waals surface area contributed by atoms with Gasteiger partial charge in [-0.3, -0.25) is 0 Å². The number of nitrogens with one attached hydrogen (secondary N) is 1. The molecular formula is C20H19NO5S. The summed E-state index contributed by atoms with van der Waals surface area (Å²) in [6, 6.07) is 17.0. The van der Waals surface area contributed by atoms with E-state index in [0.717, 1.165) is 5.56 Å². The zero-order valence-electron chi connectivity index (χ0n) is 14.9. The number of carbonyl (C=O) groups is 1. The molecule has 0 bridgehead atoms. The Morgan fingerprint density at radius 2 is 1.74 bits per heavy atom. The highest BCUT2D eigenvalue weighted by atomic mass is 32.2. The zero-order valence-corrected chi connectivity index (χ0v) is 15.7. The molecule has 0 spiro atoms. The predicted molar refractivity (Wildman–Crippen MR) is 100 cm³/mol. The van der Waals surface area contributed by atoms with Crippen molar-refractivity contribution in [2.45, 2.75) is 23.3 Å². The van der Waals surface area contributed by atoms with Crippen molar-refractivity contribution in [1.82, 2.24) is 5.32 Å². The minimum absolute atomic E-state index is 0.00979. The van der Waals surface area contributed by atoms with E-state index < -0.39 is 15.9 Å². The molecule has 0 aliphatic heterocycles. The van der Waals surface area contributed by atoms with Crippen LogP contribution < -0.4 is 5.32 Å².